The number of rotatable bonds is 6. The molecule has 0 saturated heterocycles. The van der Waals surface area contributed by atoms with Gasteiger partial charge >= 0.3 is 5.69 Å². The Labute approximate surface area is 115 Å². The highest BCUT2D eigenvalue weighted by molar-refractivity contribution is 5.83. The van der Waals surface area contributed by atoms with Gasteiger partial charge in [-0.3, -0.25) is 25.7 Å². The lowest BCUT2D eigenvalue weighted by Gasteiger charge is -2.06. The van der Waals surface area contributed by atoms with Crippen molar-refractivity contribution in [3.63, 3.8) is 0 Å². The second-order valence-corrected chi connectivity index (χ2v) is 4.77. The monoisotopic (exact) mass is 280 g/mol. The van der Waals surface area contributed by atoms with Crippen LogP contribution in [0.25, 0.3) is 0 Å². The molecule has 1 N–H and O–H groups in total. The number of nitro groups is 2. The van der Waals surface area contributed by atoms with Crippen LogP contribution in [0.4, 0.5) is 17.1 Å². The first-order chi connectivity index (χ1) is 9.31. The highest BCUT2D eigenvalue weighted by Crippen LogP contribution is 2.28. The zero-order valence-corrected chi connectivity index (χ0v) is 11.5. The quantitative estimate of drug-likeness (QED) is 0.488. The highest BCUT2D eigenvalue weighted by atomic mass is 16.6. The van der Waals surface area contributed by atoms with Gasteiger partial charge in [-0.25, -0.2) is 0 Å². The van der Waals surface area contributed by atoms with Gasteiger partial charge in [0.1, 0.15) is 5.69 Å². The number of anilines is 1. The molecule has 20 heavy (non-hydrogen) atoms. The van der Waals surface area contributed by atoms with Crippen LogP contribution < -0.4 is 5.43 Å². The number of hydrazone groups is 1. The van der Waals surface area contributed by atoms with Gasteiger partial charge in [-0.2, -0.15) is 5.10 Å². The van der Waals surface area contributed by atoms with Crippen molar-refractivity contribution in [1.82, 2.24) is 0 Å². The summed E-state index contributed by atoms with van der Waals surface area (Å²) in [6.07, 6.45) is 0.758. The molecule has 1 aromatic rings. The van der Waals surface area contributed by atoms with Gasteiger partial charge in [0.25, 0.3) is 5.69 Å². The maximum absolute atomic E-state index is 10.9. The first kappa shape index (κ1) is 15.5. The number of non-ortho nitro benzene ring substituents is 1. The Morgan fingerprint density at radius 2 is 1.95 bits per heavy atom. The Kier molecular flexibility index (Phi) is 5.13. The number of hydrogen-bond acceptors (Lipinski definition) is 6. The molecular weight excluding hydrogens is 264 g/mol. The van der Waals surface area contributed by atoms with E-state index < -0.39 is 9.85 Å². The van der Waals surface area contributed by atoms with Crippen LogP contribution in [0, 0.1) is 26.1 Å². The first-order valence-corrected chi connectivity index (χ1v) is 6.03. The average molecular weight is 280 g/mol. The normalized spacial score (nSPS) is 11.5. The van der Waals surface area contributed by atoms with Crippen LogP contribution in [0.15, 0.2) is 23.3 Å². The van der Waals surface area contributed by atoms with Gasteiger partial charge in [0, 0.05) is 11.8 Å². The number of benzene rings is 1. The summed E-state index contributed by atoms with van der Waals surface area (Å²) in [5.74, 6) is 0.424. The molecule has 0 fully saturated rings. The van der Waals surface area contributed by atoms with Gasteiger partial charge in [0.15, 0.2) is 0 Å². The van der Waals surface area contributed by atoms with Crippen LogP contribution in [0.1, 0.15) is 27.2 Å². The van der Waals surface area contributed by atoms with Gasteiger partial charge in [-0.1, -0.05) is 13.8 Å². The van der Waals surface area contributed by atoms with Gasteiger partial charge < -0.3 is 0 Å². The predicted molar refractivity (Wildman–Crippen MR) is 75.9 cm³/mol. The molecule has 0 saturated carbocycles. The molecule has 0 aromatic heterocycles. The van der Waals surface area contributed by atoms with E-state index >= 15 is 0 Å². The Morgan fingerprint density at radius 1 is 1.30 bits per heavy atom. The molecule has 1 rings (SSSR count). The first-order valence-electron chi connectivity index (χ1n) is 6.03. The fourth-order valence-corrected chi connectivity index (χ4v) is 1.67. The standard InChI is InChI=1S/C12H16N4O4/c1-8(2)6-9(3)13-14-11-5-4-10(15(17)18)7-12(11)16(19)20/h4-5,7-8,14H,6H2,1-3H3/b13-9-. The fraction of sp³-hybridized carbons (Fsp3) is 0.417. The van der Waals surface area contributed by atoms with Gasteiger partial charge in [0.05, 0.1) is 15.9 Å². The Hall–Kier alpha value is -2.51. The van der Waals surface area contributed by atoms with E-state index in [1.54, 1.807) is 0 Å². The maximum atomic E-state index is 10.9. The second-order valence-electron chi connectivity index (χ2n) is 4.77. The lowest BCUT2D eigenvalue weighted by molar-refractivity contribution is -0.393. The third kappa shape index (κ3) is 4.30. The minimum absolute atomic E-state index is 0.128. The molecule has 8 heteroatoms. The van der Waals surface area contributed by atoms with E-state index in [0.717, 1.165) is 18.2 Å². The topological polar surface area (TPSA) is 111 Å². The van der Waals surface area contributed by atoms with Gasteiger partial charge in [-0.15, -0.1) is 0 Å². The molecule has 0 atom stereocenters. The summed E-state index contributed by atoms with van der Waals surface area (Å²) in [5, 5.41) is 25.6. The van der Waals surface area contributed by atoms with E-state index in [1.807, 2.05) is 20.8 Å². The molecule has 0 aliphatic carbocycles. The van der Waals surface area contributed by atoms with Crippen molar-refractivity contribution in [3.8, 4) is 0 Å². The molecule has 0 aliphatic rings. The zero-order valence-electron chi connectivity index (χ0n) is 11.5. The maximum Gasteiger partial charge on any atom is 0.301 e. The minimum Gasteiger partial charge on any atom is -0.272 e. The molecule has 0 radical (unpaired) electrons. The molecule has 0 amide bonds. The van der Waals surface area contributed by atoms with Crippen LogP contribution >= 0.6 is 0 Å². The summed E-state index contributed by atoms with van der Waals surface area (Å²) >= 11 is 0. The van der Waals surface area contributed by atoms with Crippen molar-refractivity contribution in [2.24, 2.45) is 11.0 Å². The summed E-state index contributed by atoms with van der Waals surface area (Å²) in [6.45, 7) is 5.88. The van der Waals surface area contributed by atoms with E-state index in [2.05, 4.69) is 10.5 Å². The van der Waals surface area contributed by atoms with Crippen LogP contribution in [-0.2, 0) is 0 Å². The van der Waals surface area contributed by atoms with Crippen molar-refractivity contribution in [1.29, 1.82) is 0 Å². The largest absolute Gasteiger partial charge is 0.301 e. The average Bonchev–Trinajstić information content (AvgIpc) is 2.35. The molecule has 0 heterocycles. The third-order valence-electron chi connectivity index (χ3n) is 2.46. The van der Waals surface area contributed by atoms with Gasteiger partial charge in [0.2, 0.25) is 0 Å². The summed E-state index contributed by atoms with van der Waals surface area (Å²) in [7, 11) is 0. The molecule has 0 bridgehead atoms. The van der Waals surface area contributed by atoms with E-state index in [9.17, 15) is 20.2 Å². The van der Waals surface area contributed by atoms with E-state index in [0.29, 0.717) is 5.92 Å². The zero-order chi connectivity index (χ0) is 15.3. The highest BCUT2D eigenvalue weighted by Gasteiger charge is 2.19. The molecule has 0 spiro atoms. The van der Waals surface area contributed by atoms with E-state index in [-0.39, 0.29) is 17.1 Å². The lowest BCUT2D eigenvalue weighted by Crippen LogP contribution is -2.03. The van der Waals surface area contributed by atoms with E-state index in [4.69, 9.17) is 0 Å². The van der Waals surface area contributed by atoms with Gasteiger partial charge in [-0.05, 0) is 25.3 Å². The number of nitrogens with one attached hydrogen (secondary N) is 1. The van der Waals surface area contributed by atoms with Crippen LogP contribution in [0.5, 0.6) is 0 Å². The summed E-state index contributed by atoms with van der Waals surface area (Å²) in [6, 6.07) is 3.39. The Morgan fingerprint density at radius 3 is 2.45 bits per heavy atom. The van der Waals surface area contributed by atoms with Crippen molar-refractivity contribution in [2.45, 2.75) is 27.2 Å². The molecule has 1 aromatic carbocycles. The summed E-state index contributed by atoms with van der Waals surface area (Å²) in [4.78, 5) is 20.2. The van der Waals surface area contributed by atoms with Crippen molar-refractivity contribution in [2.75, 3.05) is 5.43 Å². The number of hydrogen-bond donors (Lipinski definition) is 1. The lowest BCUT2D eigenvalue weighted by atomic mass is 10.1. The fourth-order valence-electron chi connectivity index (χ4n) is 1.67. The number of nitrogens with zero attached hydrogens (tertiary/aromatic N) is 3. The van der Waals surface area contributed by atoms with Crippen LogP contribution in [0.3, 0.4) is 0 Å². The molecular formula is C12H16N4O4. The van der Waals surface area contributed by atoms with Crippen molar-refractivity contribution >= 4 is 22.8 Å². The van der Waals surface area contributed by atoms with Crippen molar-refractivity contribution in [3.05, 3.63) is 38.4 Å². The SMILES string of the molecule is C/C(CC(C)C)=N/Nc1ccc([N+](=O)[O-])cc1[N+](=O)[O-]. The van der Waals surface area contributed by atoms with Crippen LogP contribution in [-0.4, -0.2) is 15.6 Å². The molecule has 8 nitrogen and oxygen atoms in total. The molecule has 0 unspecified atom stereocenters. The smallest absolute Gasteiger partial charge is 0.272 e. The summed E-state index contributed by atoms with van der Waals surface area (Å²) < 4.78 is 0. The molecule has 108 valence electrons. The third-order valence-corrected chi connectivity index (χ3v) is 2.46. The Balaban J connectivity index is 3.00. The van der Waals surface area contributed by atoms with Crippen LogP contribution in [0.2, 0.25) is 0 Å². The van der Waals surface area contributed by atoms with E-state index in [1.165, 1.54) is 12.1 Å². The predicted octanol–water partition coefficient (Wildman–Crippen LogP) is 3.34. The minimum atomic E-state index is -0.678. The second kappa shape index (κ2) is 6.60. The molecule has 0 aliphatic heterocycles. The Bertz CT molecular complexity index is 554. The summed E-state index contributed by atoms with van der Waals surface area (Å²) in [5.41, 5.74) is 2.81. The van der Waals surface area contributed by atoms with Crippen molar-refractivity contribution < 1.29 is 9.85 Å². The number of nitro benzene ring substituents is 2.